The lowest BCUT2D eigenvalue weighted by molar-refractivity contribution is -0.121. The average Bonchev–Trinajstić information content (AvgIpc) is 2.89. The summed E-state index contributed by atoms with van der Waals surface area (Å²) in [6, 6.07) is 4.93. The van der Waals surface area contributed by atoms with E-state index >= 15 is 0 Å². The van der Waals surface area contributed by atoms with Crippen molar-refractivity contribution in [1.29, 1.82) is 0 Å². The van der Waals surface area contributed by atoms with Crippen LogP contribution >= 0.6 is 24.8 Å². The first-order chi connectivity index (χ1) is 10.1. The number of nitrogens with one attached hydrogen (secondary N) is 2. The van der Waals surface area contributed by atoms with Gasteiger partial charge in [0.05, 0.1) is 5.69 Å². The van der Waals surface area contributed by atoms with Gasteiger partial charge in [0.2, 0.25) is 5.91 Å². The van der Waals surface area contributed by atoms with Crippen molar-refractivity contribution < 1.29 is 9.18 Å². The molecule has 2 rings (SSSR count). The van der Waals surface area contributed by atoms with Gasteiger partial charge in [0.1, 0.15) is 11.6 Å². The molecule has 1 aromatic heterocycles. The fourth-order valence-electron chi connectivity index (χ4n) is 2.02. The van der Waals surface area contributed by atoms with Gasteiger partial charge < -0.3 is 15.2 Å². The first kappa shape index (κ1) is 21.4. The van der Waals surface area contributed by atoms with Gasteiger partial charge in [0.25, 0.3) is 0 Å². The van der Waals surface area contributed by atoms with Crippen molar-refractivity contribution in [3.05, 3.63) is 47.8 Å². The van der Waals surface area contributed by atoms with Crippen molar-refractivity contribution in [2.45, 2.75) is 19.9 Å². The third kappa shape index (κ3) is 5.82. The van der Waals surface area contributed by atoms with Crippen molar-refractivity contribution >= 4 is 30.7 Å². The van der Waals surface area contributed by atoms with Crippen molar-refractivity contribution in [2.75, 3.05) is 13.6 Å². The molecule has 0 unspecified atom stereocenters. The average molecular weight is 363 g/mol. The number of aryl methyl sites for hydroxylation is 1. The normalized spacial score (nSPS) is 9.70. The summed E-state index contributed by atoms with van der Waals surface area (Å²) in [5, 5.41) is 5.67. The van der Waals surface area contributed by atoms with Gasteiger partial charge in [-0.05, 0) is 31.7 Å². The van der Waals surface area contributed by atoms with E-state index in [1.807, 2.05) is 6.92 Å². The summed E-state index contributed by atoms with van der Waals surface area (Å²) in [5.74, 6) is 0.333. The van der Waals surface area contributed by atoms with Gasteiger partial charge >= 0.3 is 0 Å². The molecule has 0 aliphatic carbocycles. The molecule has 2 aromatic rings. The van der Waals surface area contributed by atoms with Crippen LogP contribution in [0.2, 0.25) is 0 Å². The molecular weight excluding hydrogens is 342 g/mol. The molecule has 0 fully saturated rings. The fraction of sp³-hybridized carbons (Fsp3) is 0.333. The van der Waals surface area contributed by atoms with E-state index in [0.29, 0.717) is 25.2 Å². The van der Waals surface area contributed by atoms with Gasteiger partial charge in [-0.25, -0.2) is 9.37 Å². The van der Waals surface area contributed by atoms with E-state index in [2.05, 4.69) is 15.6 Å². The third-order valence-electron chi connectivity index (χ3n) is 3.19. The number of nitrogens with zero attached hydrogens (tertiary/aromatic N) is 2. The van der Waals surface area contributed by atoms with Crippen LogP contribution in [0.4, 0.5) is 4.39 Å². The minimum absolute atomic E-state index is 0. The number of imidazole rings is 1. The second-order valence-electron chi connectivity index (χ2n) is 4.76. The molecule has 1 heterocycles. The molecule has 0 aliphatic heterocycles. The summed E-state index contributed by atoms with van der Waals surface area (Å²) in [6.45, 7) is 2.76. The van der Waals surface area contributed by atoms with Crippen LogP contribution in [0.3, 0.4) is 0 Å². The SMILES string of the molecule is CNCCC(=O)NCc1ccc(-n2ccnc2C)c(F)c1.Cl.Cl. The van der Waals surface area contributed by atoms with Gasteiger partial charge in [-0.15, -0.1) is 24.8 Å². The van der Waals surface area contributed by atoms with Crippen molar-refractivity contribution in [3.8, 4) is 5.69 Å². The molecule has 0 saturated heterocycles. The first-order valence-corrected chi connectivity index (χ1v) is 6.82. The topological polar surface area (TPSA) is 59.0 Å². The van der Waals surface area contributed by atoms with Gasteiger partial charge in [-0.1, -0.05) is 6.07 Å². The Bertz CT molecular complexity index is 634. The molecule has 0 saturated carbocycles. The maximum absolute atomic E-state index is 14.1. The number of hydrogen-bond acceptors (Lipinski definition) is 3. The quantitative estimate of drug-likeness (QED) is 0.829. The molecule has 0 atom stereocenters. The number of halogens is 3. The fourth-order valence-corrected chi connectivity index (χ4v) is 2.02. The van der Waals surface area contributed by atoms with Crippen molar-refractivity contribution in [3.63, 3.8) is 0 Å². The minimum atomic E-state index is -0.335. The lowest BCUT2D eigenvalue weighted by Crippen LogP contribution is -2.26. The minimum Gasteiger partial charge on any atom is -0.352 e. The molecule has 0 spiro atoms. The first-order valence-electron chi connectivity index (χ1n) is 6.82. The Labute approximate surface area is 147 Å². The summed E-state index contributed by atoms with van der Waals surface area (Å²) >= 11 is 0. The predicted octanol–water partition coefficient (Wildman–Crippen LogP) is 2.39. The number of benzene rings is 1. The van der Waals surface area contributed by atoms with Crippen LogP contribution in [-0.4, -0.2) is 29.1 Å². The second kappa shape index (κ2) is 10.2. The summed E-state index contributed by atoms with van der Waals surface area (Å²) in [6.07, 6.45) is 3.75. The predicted molar refractivity (Wildman–Crippen MR) is 93.1 cm³/mol. The molecule has 1 aromatic carbocycles. The maximum Gasteiger partial charge on any atom is 0.221 e. The highest BCUT2D eigenvalue weighted by atomic mass is 35.5. The summed E-state index contributed by atoms with van der Waals surface area (Å²) in [5.41, 5.74) is 1.18. The van der Waals surface area contributed by atoms with Gasteiger partial charge in [-0.2, -0.15) is 0 Å². The van der Waals surface area contributed by atoms with E-state index < -0.39 is 0 Å². The second-order valence-corrected chi connectivity index (χ2v) is 4.76. The van der Waals surface area contributed by atoms with E-state index in [0.717, 1.165) is 11.4 Å². The standard InChI is InChI=1S/C15H19FN4O.2ClH/c1-11-18-7-8-20(11)14-4-3-12(9-13(14)16)10-19-15(21)5-6-17-2;;/h3-4,7-9,17H,5-6,10H2,1-2H3,(H,19,21);2*1H. The van der Waals surface area contributed by atoms with Crippen molar-refractivity contribution in [1.82, 2.24) is 20.2 Å². The number of aromatic nitrogens is 2. The Kier molecular flexibility index (Phi) is 9.48. The van der Waals surface area contributed by atoms with Crippen molar-refractivity contribution in [2.24, 2.45) is 0 Å². The van der Waals surface area contributed by atoms with Crippen LogP contribution in [0.25, 0.3) is 5.69 Å². The Morgan fingerprint density at radius 3 is 2.65 bits per heavy atom. The Hall–Kier alpha value is -1.63. The molecule has 0 radical (unpaired) electrons. The molecule has 5 nitrogen and oxygen atoms in total. The zero-order valence-electron chi connectivity index (χ0n) is 13.0. The highest BCUT2D eigenvalue weighted by Gasteiger charge is 2.08. The Morgan fingerprint density at radius 1 is 1.35 bits per heavy atom. The van der Waals surface area contributed by atoms with E-state index in [1.54, 1.807) is 36.1 Å². The molecule has 0 bridgehead atoms. The number of carbonyl (C=O) groups excluding carboxylic acids is 1. The van der Waals surface area contributed by atoms with Gasteiger partial charge in [0, 0.05) is 31.9 Å². The summed E-state index contributed by atoms with van der Waals surface area (Å²) < 4.78 is 15.8. The van der Waals surface area contributed by atoms with E-state index in [9.17, 15) is 9.18 Å². The highest BCUT2D eigenvalue weighted by Crippen LogP contribution is 2.16. The Balaban J connectivity index is 0.00000242. The largest absolute Gasteiger partial charge is 0.352 e. The smallest absolute Gasteiger partial charge is 0.221 e. The molecule has 1 amide bonds. The van der Waals surface area contributed by atoms with Gasteiger partial charge in [0.15, 0.2) is 0 Å². The molecule has 128 valence electrons. The number of hydrogen-bond donors (Lipinski definition) is 2. The third-order valence-corrected chi connectivity index (χ3v) is 3.19. The van der Waals surface area contributed by atoms with Crippen LogP contribution in [0.5, 0.6) is 0 Å². The van der Waals surface area contributed by atoms with E-state index in [-0.39, 0.29) is 36.5 Å². The Morgan fingerprint density at radius 2 is 2.09 bits per heavy atom. The molecule has 0 aliphatic rings. The highest BCUT2D eigenvalue weighted by molar-refractivity contribution is 5.85. The summed E-state index contributed by atoms with van der Waals surface area (Å²) in [7, 11) is 1.79. The van der Waals surface area contributed by atoms with Crippen LogP contribution in [0.1, 0.15) is 17.8 Å². The monoisotopic (exact) mass is 362 g/mol. The number of carbonyl (C=O) groups is 1. The molecule has 2 N–H and O–H groups in total. The lowest BCUT2D eigenvalue weighted by Gasteiger charge is -2.09. The van der Waals surface area contributed by atoms with Crippen LogP contribution in [0.15, 0.2) is 30.6 Å². The molecule has 23 heavy (non-hydrogen) atoms. The van der Waals surface area contributed by atoms with Crippen LogP contribution in [0, 0.1) is 12.7 Å². The molecular formula is C15H21Cl2FN4O. The van der Waals surface area contributed by atoms with Crippen LogP contribution < -0.4 is 10.6 Å². The zero-order chi connectivity index (χ0) is 15.2. The van der Waals surface area contributed by atoms with E-state index in [4.69, 9.17) is 0 Å². The summed E-state index contributed by atoms with van der Waals surface area (Å²) in [4.78, 5) is 15.6. The van der Waals surface area contributed by atoms with E-state index in [1.165, 1.54) is 6.07 Å². The number of rotatable bonds is 6. The van der Waals surface area contributed by atoms with Gasteiger partial charge in [-0.3, -0.25) is 4.79 Å². The zero-order valence-corrected chi connectivity index (χ0v) is 14.6. The maximum atomic E-state index is 14.1. The lowest BCUT2D eigenvalue weighted by atomic mass is 10.2. The molecule has 8 heteroatoms. The number of amides is 1. The van der Waals surface area contributed by atoms with Crippen LogP contribution in [-0.2, 0) is 11.3 Å².